The molecule has 0 atom stereocenters. The third-order valence-corrected chi connectivity index (χ3v) is 2.54. The van der Waals surface area contributed by atoms with Crippen LogP contribution in [0.15, 0.2) is 34.9 Å². The summed E-state index contributed by atoms with van der Waals surface area (Å²) in [4.78, 5) is 0. The minimum atomic E-state index is 0.689. The quantitative estimate of drug-likeness (QED) is 0.851. The number of nitrogens with zero attached hydrogens (tertiary/aromatic N) is 1. The fourth-order valence-corrected chi connectivity index (χ4v) is 1.70. The number of aryl methyl sites for hydroxylation is 1. The lowest BCUT2D eigenvalue weighted by Crippen LogP contribution is -2.12. The SMILES string of the molecule is CCOc1ccc(CNCc2cc(C)no2)cc1. The van der Waals surface area contributed by atoms with Crippen LogP contribution in [0.4, 0.5) is 0 Å². The zero-order chi connectivity index (χ0) is 12.8. The number of hydrogen-bond acceptors (Lipinski definition) is 4. The maximum absolute atomic E-state index is 5.39. The van der Waals surface area contributed by atoms with Crippen LogP contribution in [0.1, 0.15) is 23.9 Å². The molecule has 0 radical (unpaired) electrons. The fraction of sp³-hybridized carbons (Fsp3) is 0.357. The van der Waals surface area contributed by atoms with Gasteiger partial charge in [-0.1, -0.05) is 17.3 Å². The van der Waals surface area contributed by atoms with E-state index < -0.39 is 0 Å². The molecule has 0 unspecified atom stereocenters. The van der Waals surface area contributed by atoms with E-state index in [-0.39, 0.29) is 0 Å². The van der Waals surface area contributed by atoms with E-state index in [0.29, 0.717) is 13.2 Å². The second kappa shape index (κ2) is 6.21. The Hall–Kier alpha value is -1.81. The average Bonchev–Trinajstić information content (AvgIpc) is 2.78. The second-order valence-electron chi connectivity index (χ2n) is 4.12. The molecule has 0 amide bonds. The van der Waals surface area contributed by atoms with Crippen LogP contribution in [-0.2, 0) is 13.1 Å². The van der Waals surface area contributed by atoms with Gasteiger partial charge in [-0.15, -0.1) is 0 Å². The minimum Gasteiger partial charge on any atom is -0.494 e. The molecule has 2 aromatic rings. The van der Waals surface area contributed by atoms with Crippen LogP contribution in [0.2, 0.25) is 0 Å². The smallest absolute Gasteiger partial charge is 0.150 e. The third-order valence-electron chi connectivity index (χ3n) is 2.54. The van der Waals surface area contributed by atoms with Crippen molar-refractivity contribution in [3.05, 3.63) is 47.3 Å². The Balaban J connectivity index is 1.79. The van der Waals surface area contributed by atoms with E-state index in [4.69, 9.17) is 9.26 Å². The minimum absolute atomic E-state index is 0.689. The maximum Gasteiger partial charge on any atom is 0.150 e. The number of hydrogen-bond donors (Lipinski definition) is 1. The van der Waals surface area contributed by atoms with Crippen molar-refractivity contribution in [3.63, 3.8) is 0 Å². The van der Waals surface area contributed by atoms with Gasteiger partial charge in [0.25, 0.3) is 0 Å². The largest absolute Gasteiger partial charge is 0.494 e. The Morgan fingerprint density at radius 1 is 1.22 bits per heavy atom. The topological polar surface area (TPSA) is 47.3 Å². The molecule has 0 saturated carbocycles. The van der Waals surface area contributed by atoms with Gasteiger partial charge in [-0.3, -0.25) is 0 Å². The summed E-state index contributed by atoms with van der Waals surface area (Å²) < 4.78 is 10.5. The number of ether oxygens (including phenoxy) is 1. The Labute approximate surface area is 107 Å². The van der Waals surface area contributed by atoms with Crippen LogP contribution in [0.5, 0.6) is 5.75 Å². The van der Waals surface area contributed by atoms with Gasteiger partial charge in [-0.2, -0.15) is 0 Å². The van der Waals surface area contributed by atoms with Gasteiger partial charge in [-0.05, 0) is 31.5 Å². The lowest BCUT2D eigenvalue weighted by Gasteiger charge is -2.05. The van der Waals surface area contributed by atoms with E-state index in [1.54, 1.807) is 0 Å². The van der Waals surface area contributed by atoms with Gasteiger partial charge in [-0.25, -0.2) is 0 Å². The van der Waals surface area contributed by atoms with Crippen LogP contribution in [0.3, 0.4) is 0 Å². The molecule has 0 saturated heterocycles. The summed E-state index contributed by atoms with van der Waals surface area (Å²) in [6.07, 6.45) is 0. The lowest BCUT2D eigenvalue weighted by atomic mass is 10.2. The molecular weight excluding hydrogens is 228 g/mol. The molecule has 1 aromatic heterocycles. The van der Waals surface area contributed by atoms with Crippen LogP contribution in [-0.4, -0.2) is 11.8 Å². The van der Waals surface area contributed by atoms with Gasteiger partial charge < -0.3 is 14.6 Å². The first-order valence-corrected chi connectivity index (χ1v) is 6.12. The maximum atomic E-state index is 5.39. The summed E-state index contributed by atoms with van der Waals surface area (Å²) in [6, 6.07) is 10.0. The van der Waals surface area contributed by atoms with Crippen LogP contribution >= 0.6 is 0 Å². The van der Waals surface area contributed by atoms with Gasteiger partial charge in [0.1, 0.15) is 5.75 Å². The normalized spacial score (nSPS) is 10.6. The van der Waals surface area contributed by atoms with Crippen molar-refractivity contribution in [2.45, 2.75) is 26.9 Å². The molecule has 0 aliphatic rings. The molecule has 4 nitrogen and oxygen atoms in total. The molecule has 2 rings (SSSR count). The first-order chi connectivity index (χ1) is 8.78. The van der Waals surface area contributed by atoms with E-state index in [1.807, 2.05) is 32.0 Å². The molecule has 1 N–H and O–H groups in total. The molecule has 0 aliphatic carbocycles. The summed E-state index contributed by atoms with van der Waals surface area (Å²) in [5.41, 5.74) is 2.13. The van der Waals surface area contributed by atoms with Crippen molar-refractivity contribution in [2.75, 3.05) is 6.61 Å². The standard InChI is InChI=1S/C14H18N2O2/c1-3-17-13-6-4-12(5-7-13)9-15-10-14-8-11(2)16-18-14/h4-8,15H,3,9-10H2,1-2H3. The molecule has 1 heterocycles. The predicted octanol–water partition coefficient (Wildman–Crippen LogP) is 2.67. The summed E-state index contributed by atoms with van der Waals surface area (Å²) in [5.74, 6) is 1.77. The number of benzene rings is 1. The molecule has 0 fully saturated rings. The van der Waals surface area contributed by atoms with E-state index >= 15 is 0 Å². The summed E-state index contributed by atoms with van der Waals surface area (Å²) in [6.45, 7) is 6.08. The highest BCUT2D eigenvalue weighted by atomic mass is 16.5. The summed E-state index contributed by atoms with van der Waals surface area (Å²) in [7, 11) is 0. The molecule has 18 heavy (non-hydrogen) atoms. The Morgan fingerprint density at radius 3 is 2.61 bits per heavy atom. The summed E-state index contributed by atoms with van der Waals surface area (Å²) in [5, 5.41) is 7.15. The highest BCUT2D eigenvalue weighted by molar-refractivity contribution is 5.27. The molecule has 0 bridgehead atoms. The molecule has 1 aromatic carbocycles. The third kappa shape index (κ3) is 3.60. The van der Waals surface area contributed by atoms with Gasteiger partial charge in [0, 0.05) is 12.6 Å². The summed E-state index contributed by atoms with van der Waals surface area (Å²) >= 11 is 0. The van der Waals surface area contributed by atoms with Gasteiger partial charge >= 0.3 is 0 Å². The van der Waals surface area contributed by atoms with E-state index in [2.05, 4.69) is 22.6 Å². The van der Waals surface area contributed by atoms with Crippen molar-refractivity contribution in [2.24, 2.45) is 0 Å². The Morgan fingerprint density at radius 2 is 2.00 bits per heavy atom. The molecule has 0 spiro atoms. The average molecular weight is 246 g/mol. The van der Waals surface area contributed by atoms with Gasteiger partial charge in [0.2, 0.25) is 0 Å². The zero-order valence-corrected chi connectivity index (χ0v) is 10.8. The van der Waals surface area contributed by atoms with E-state index in [0.717, 1.165) is 23.7 Å². The highest BCUT2D eigenvalue weighted by Gasteiger charge is 2.00. The Kier molecular flexibility index (Phi) is 4.36. The zero-order valence-electron chi connectivity index (χ0n) is 10.8. The monoisotopic (exact) mass is 246 g/mol. The van der Waals surface area contributed by atoms with Crippen molar-refractivity contribution in [3.8, 4) is 5.75 Å². The fourth-order valence-electron chi connectivity index (χ4n) is 1.70. The van der Waals surface area contributed by atoms with Crippen LogP contribution < -0.4 is 10.1 Å². The van der Waals surface area contributed by atoms with Crippen molar-refractivity contribution in [1.82, 2.24) is 10.5 Å². The molecule has 96 valence electrons. The number of rotatable bonds is 6. The lowest BCUT2D eigenvalue weighted by molar-refractivity contribution is 0.340. The van der Waals surface area contributed by atoms with Crippen LogP contribution in [0.25, 0.3) is 0 Å². The number of nitrogens with one attached hydrogen (secondary N) is 1. The Bertz CT molecular complexity index is 477. The second-order valence-corrected chi connectivity index (χ2v) is 4.12. The van der Waals surface area contributed by atoms with Crippen molar-refractivity contribution >= 4 is 0 Å². The van der Waals surface area contributed by atoms with Crippen LogP contribution in [0, 0.1) is 6.92 Å². The highest BCUT2D eigenvalue weighted by Crippen LogP contribution is 2.12. The van der Waals surface area contributed by atoms with Crippen molar-refractivity contribution < 1.29 is 9.26 Å². The number of aromatic nitrogens is 1. The van der Waals surface area contributed by atoms with Crippen molar-refractivity contribution in [1.29, 1.82) is 0 Å². The molecular formula is C14H18N2O2. The van der Waals surface area contributed by atoms with E-state index in [9.17, 15) is 0 Å². The van der Waals surface area contributed by atoms with Gasteiger partial charge in [0.15, 0.2) is 5.76 Å². The van der Waals surface area contributed by atoms with Gasteiger partial charge in [0.05, 0.1) is 18.8 Å². The van der Waals surface area contributed by atoms with E-state index in [1.165, 1.54) is 5.56 Å². The first-order valence-electron chi connectivity index (χ1n) is 6.12. The predicted molar refractivity (Wildman–Crippen MR) is 69.4 cm³/mol. The molecule has 0 aliphatic heterocycles. The first kappa shape index (κ1) is 12.6. The molecule has 4 heteroatoms.